The smallest absolute Gasteiger partial charge is 0.355 e. The number of carbonyl (C=O) groups excluding carboxylic acids is 4. The second-order valence-corrected chi connectivity index (χ2v) is 7.53. The maximum atomic E-state index is 12.5. The van der Waals surface area contributed by atoms with Crippen molar-refractivity contribution in [2.45, 2.75) is 57.7 Å². The van der Waals surface area contributed by atoms with Gasteiger partial charge in [0.05, 0.1) is 0 Å². The summed E-state index contributed by atoms with van der Waals surface area (Å²) in [5, 5.41) is 5.96. The van der Waals surface area contributed by atoms with E-state index in [1.54, 1.807) is 0 Å². The van der Waals surface area contributed by atoms with Crippen LogP contribution in [0.3, 0.4) is 0 Å². The fraction of sp³-hybridized carbons (Fsp3) is 0.778. The Morgan fingerprint density at radius 2 is 1.68 bits per heavy atom. The minimum Gasteiger partial charge on any atom is -0.355 e. The van der Waals surface area contributed by atoms with Gasteiger partial charge in [-0.15, -0.1) is 5.06 Å². The molecule has 2 aliphatic rings. The van der Waals surface area contributed by atoms with Crippen LogP contribution in [0.4, 0.5) is 4.79 Å². The molecule has 2 N–H and O–H groups in total. The van der Waals surface area contributed by atoms with Crippen LogP contribution in [0.2, 0.25) is 0 Å². The molecule has 10 nitrogen and oxygen atoms in total. The Kier molecular flexibility index (Phi) is 7.76. The second kappa shape index (κ2) is 9.83. The fourth-order valence-electron chi connectivity index (χ4n) is 3.60. The van der Waals surface area contributed by atoms with Crippen molar-refractivity contribution in [1.29, 1.82) is 0 Å². The third kappa shape index (κ3) is 5.41. The monoisotopic (exact) mass is 407 g/mol. The molecule has 10 heteroatoms. The molecule has 3 unspecified atom stereocenters. The highest BCUT2D eigenvalue weighted by atomic mass is 18.1. The summed E-state index contributed by atoms with van der Waals surface area (Å²) in [7, 11) is 4.01. The van der Waals surface area contributed by atoms with Crippen LogP contribution in [0.15, 0.2) is 0 Å². The second-order valence-electron chi connectivity index (χ2n) is 7.53. The molecule has 0 bridgehead atoms. The number of hydrogen-bond donors (Lipinski definition) is 2. The Balaban J connectivity index is 1.61. The lowest BCUT2D eigenvalue weighted by Gasteiger charge is -2.46. The first-order valence-corrected chi connectivity index (χ1v) is 9.73. The first kappa shape index (κ1) is 22.1. The summed E-state index contributed by atoms with van der Waals surface area (Å²) in [6, 6.07) is 0.340. The number of carbonyl (C=O) groups is 4. The lowest BCUT2D eigenvalue weighted by Crippen LogP contribution is -2.64. The highest BCUT2D eigenvalue weighted by Crippen LogP contribution is 2.18. The van der Waals surface area contributed by atoms with E-state index >= 15 is 0 Å². The molecule has 2 fully saturated rings. The molecule has 2 aliphatic heterocycles. The van der Waals surface area contributed by atoms with E-state index in [0.717, 1.165) is 6.54 Å². The van der Waals surface area contributed by atoms with Gasteiger partial charge < -0.3 is 15.5 Å². The minimum atomic E-state index is -0.831. The first-order chi connectivity index (χ1) is 13.2. The molecular formula is C18H31N5O5. The number of piperazine rings is 1. The average molecular weight is 407 g/mol. The van der Waals surface area contributed by atoms with Crippen LogP contribution in [-0.4, -0.2) is 90.5 Å². The van der Waals surface area contributed by atoms with Crippen molar-refractivity contribution in [3.05, 3.63) is 0 Å². The molecule has 2 saturated heterocycles. The van der Waals surface area contributed by atoms with Gasteiger partial charge in [0.15, 0.2) is 0 Å². The molecule has 2 heterocycles. The van der Waals surface area contributed by atoms with Crippen LogP contribution >= 0.6 is 0 Å². The quantitative estimate of drug-likeness (QED) is 0.196. The summed E-state index contributed by atoms with van der Waals surface area (Å²) >= 11 is 0. The Bertz CT molecular complexity index is 597. The maximum absolute atomic E-state index is 12.5. The van der Waals surface area contributed by atoms with Crippen LogP contribution < -0.4 is 10.6 Å². The molecule has 3 atom stereocenters. The Labute approximate surface area is 165 Å². The van der Waals surface area contributed by atoms with E-state index in [4.69, 9.17) is 4.84 Å². The number of nitrogens with one attached hydrogen (secondary N) is 2. The lowest BCUT2D eigenvalue weighted by molar-refractivity contribution is -0.171. The molecule has 2 rings (SSSR count). The van der Waals surface area contributed by atoms with E-state index in [1.165, 1.54) is 0 Å². The zero-order chi connectivity index (χ0) is 20.8. The van der Waals surface area contributed by atoms with Gasteiger partial charge in [-0.05, 0) is 40.8 Å². The molecule has 0 radical (unpaired) electrons. The SMILES string of the molecule is CC1C[15N](C)C(C(=O)[15NH][13CH2][13CH2][13CH2][13CH2][15NH]C(=[18O])ON2C(=O)CCC2=O)C(C)[15N]1C. The number of nitrogens with zero attached hydrogens (tertiary/aromatic N) is 3. The fourth-order valence-corrected chi connectivity index (χ4v) is 3.60. The van der Waals surface area contributed by atoms with Crippen LogP contribution in [0, 0.1) is 0 Å². The maximum Gasteiger partial charge on any atom is 0.432 e. The van der Waals surface area contributed by atoms with Gasteiger partial charge in [-0.2, -0.15) is 0 Å². The normalized spacial score (nSPS) is 26.4. The predicted octanol–water partition coefficient (Wildman–Crippen LogP) is -0.304. The third-order valence-corrected chi connectivity index (χ3v) is 5.44. The number of imide groups is 1. The van der Waals surface area contributed by atoms with Gasteiger partial charge in [-0.25, -0.2) is 4.79 Å². The van der Waals surface area contributed by atoms with E-state index in [9.17, 15) is 19.2 Å². The Hall–Kier alpha value is -2.20. The summed E-state index contributed by atoms with van der Waals surface area (Å²) < 4.78 is 0. The molecule has 0 saturated carbocycles. The van der Waals surface area contributed by atoms with Crippen molar-refractivity contribution < 1.29 is 24.0 Å². The van der Waals surface area contributed by atoms with Gasteiger partial charge in [0, 0.05) is 44.6 Å². The number of unbranched alkanes of at least 4 members (excludes halogenated alkanes) is 1. The highest BCUT2D eigenvalue weighted by Gasteiger charge is 2.38. The van der Waals surface area contributed by atoms with Crippen LogP contribution in [0.5, 0.6) is 0 Å². The van der Waals surface area contributed by atoms with E-state index < -0.39 is 17.9 Å². The largest absolute Gasteiger partial charge is 0.432 e. The zero-order valence-electron chi connectivity index (χ0n) is 17.1. The van der Waals surface area contributed by atoms with E-state index in [0.29, 0.717) is 37.0 Å². The molecule has 0 spiro atoms. The van der Waals surface area contributed by atoms with Crippen molar-refractivity contribution in [3.8, 4) is 0 Å². The van der Waals surface area contributed by atoms with E-state index in [1.807, 2.05) is 14.1 Å². The highest BCUT2D eigenvalue weighted by molar-refractivity contribution is 6.01. The first-order valence-electron chi connectivity index (χ1n) is 9.73. The topological polar surface area (TPSA) is 111 Å². The predicted molar refractivity (Wildman–Crippen MR) is 101 cm³/mol. The van der Waals surface area contributed by atoms with Crippen molar-refractivity contribution in [1.82, 2.24) is 25.5 Å². The van der Waals surface area contributed by atoms with Crippen LogP contribution in [0.25, 0.3) is 0 Å². The molecule has 0 aromatic carbocycles. The Morgan fingerprint density at radius 3 is 2.29 bits per heavy atom. The lowest BCUT2D eigenvalue weighted by atomic mass is 10.1. The van der Waals surface area contributed by atoms with Crippen molar-refractivity contribution in [2.24, 2.45) is 0 Å². The van der Waals surface area contributed by atoms with Gasteiger partial charge in [0.2, 0.25) is 5.91 Å². The van der Waals surface area contributed by atoms with Gasteiger partial charge >= 0.3 is 6.09 Å². The molecule has 0 aromatic heterocycles. The average Bonchev–Trinajstić information content (AvgIpc) is 2.94. The van der Waals surface area contributed by atoms with Crippen LogP contribution in [-0.2, 0) is 19.2 Å². The van der Waals surface area contributed by atoms with Crippen molar-refractivity contribution in [2.75, 3.05) is 33.7 Å². The van der Waals surface area contributed by atoms with Gasteiger partial charge in [0.25, 0.3) is 11.8 Å². The summed E-state index contributed by atoms with van der Waals surface area (Å²) in [5.74, 6) is -1.01. The molecule has 28 heavy (non-hydrogen) atoms. The number of hydroxylamine groups is 2. The summed E-state index contributed by atoms with van der Waals surface area (Å²) in [5.41, 5.74) is 0. The van der Waals surface area contributed by atoms with Crippen molar-refractivity contribution >= 4 is 23.8 Å². The molecule has 4 amide bonds. The zero-order valence-corrected chi connectivity index (χ0v) is 17.1. The van der Waals surface area contributed by atoms with Gasteiger partial charge in [-0.3, -0.25) is 24.2 Å². The number of rotatable bonds is 7. The minimum absolute atomic E-state index is 0.00665. The number of hydrogen-bond acceptors (Lipinski definition) is 7. The summed E-state index contributed by atoms with van der Waals surface area (Å²) in [6.45, 7) is 5.88. The standard InChI is InChI=1S/C18H31N5O5/c1-12-11-21(3)16(13(2)22(12)4)17(26)19-9-5-6-10-20-18(27)28-23-14(24)7-8-15(23)25/h12-13,16H,5-11H2,1-4H3,(H,19,26)(H,20,27)/i5+1,6+1,9+1,10+1,19+1,20+1,21+1,22+1,27+2. The molecule has 0 aliphatic carbocycles. The van der Waals surface area contributed by atoms with Gasteiger partial charge in [0.1, 0.15) is 6.04 Å². The van der Waals surface area contributed by atoms with E-state index in [-0.39, 0.29) is 30.8 Å². The third-order valence-electron chi connectivity index (χ3n) is 5.44. The van der Waals surface area contributed by atoms with E-state index in [2.05, 4.69) is 34.3 Å². The molecular weight excluding hydrogens is 376 g/mol. The number of likely N-dealkylation sites (N-methyl/N-ethyl adjacent to an activating group) is 2. The summed E-state index contributed by atoms with van der Waals surface area (Å²) in [4.78, 5) is 55.9. The summed E-state index contributed by atoms with van der Waals surface area (Å²) in [6.07, 6.45) is 0.613. The van der Waals surface area contributed by atoms with Crippen molar-refractivity contribution in [3.63, 3.8) is 0 Å². The van der Waals surface area contributed by atoms with Gasteiger partial charge in [-0.1, -0.05) is 0 Å². The Morgan fingerprint density at radius 1 is 1.11 bits per heavy atom. The van der Waals surface area contributed by atoms with Crippen LogP contribution in [0.1, 0.15) is 39.5 Å². The molecule has 0 aromatic rings. The number of amides is 4. The molecule has 158 valence electrons.